The van der Waals surface area contributed by atoms with Crippen molar-refractivity contribution in [2.24, 2.45) is 23.7 Å². The number of ether oxygens (including phenoxy) is 2. The van der Waals surface area contributed by atoms with Gasteiger partial charge in [0.25, 0.3) is 0 Å². The molecule has 0 aromatic heterocycles. The molecule has 0 spiro atoms. The van der Waals surface area contributed by atoms with Gasteiger partial charge in [0.15, 0.2) is 5.79 Å². The predicted octanol–water partition coefficient (Wildman–Crippen LogP) is -0.141. The van der Waals surface area contributed by atoms with Crippen LogP contribution in [0.15, 0.2) is 12.2 Å². The van der Waals surface area contributed by atoms with Gasteiger partial charge < -0.3 is 19.7 Å². The molecule has 5 nitrogen and oxygen atoms in total. The maximum Gasteiger partial charge on any atom is 0.164 e. The Kier molecular flexibility index (Phi) is 2.19. The van der Waals surface area contributed by atoms with Crippen LogP contribution in [0.25, 0.3) is 0 Å². The van der Waals surface area contributed by atoms with Crippen molar-refractivity contribution in [3.8, 4) is 0 Å². The minimum absolute atomic E-state index is 0.118. The summed E-state index contributed by atoms with van der Waals surface area (Å²) in [5.74, 6) is -1.70. The molecule has 8 atom stereocenters. The molecule has 3 aliphatic carbocycles. The van der Waals surface area contributed by atoms with Gasteiger partial charge in [-0.3, -0.25) is 4.79 Å². The van der Waals surface area contributed by atoms with Crippen LogP contribution in [0.3, 0.4) is 0 Å². The number of aliphatic hydroxyl groups excluding tert-OH is 2. The Labute approximate surface area is 111 Å². The van der Waals surface area contributed by atoms with Gasteiger partial charge in [0.1, 0.15) is 18.0 Å². The van der Waals surface area contributed by atoms with Crippen molar-refractivity contribution in [1.82, 2.24) is 0 Å². The smallest absolute Gasteiger partial charge is 0.164 e. The highest BCUT2D eigenvalue weighted by atomic mass is 16.8. The monoisotopic (exact) mass is 266 g/mol. The number of carbonyl (C=O) groups excluding carboxylic acids is 1. The molecule has 2 bridgehead atoms. The molecule has 5 heteroatoms. The lowest BCUT2D eigenvalue weighted by Gasteiger charge is -2.43. The van der Waals surface area contributed by atoms with E-state index in [1.807, 2.05) is 12.2 Å². The van der Waals surface area contributed by atoms with Crippen LogP contribution in [0.1, 0.15) is 13.8 Å². The molecule has 4 aliphatic rings. The molecule has 1 saturated heterocycles. The minimum atomic E-state index is -0.799. The van der Waals surface area contributed by atoms with Crippen molar-refractivity contribution in [2.75, 3.05) is 0 Å². The van der Waals surface area contributed by atoms with Gasteiger partial charge in [0, 0.05) is 23.7 Å². The zero-order valence-corrected chi connectivity index (χ0v) is 10.9. The third-order valence-corrected chi connectivity index (χ3v) is 5.08. The topological polar surface area (TPSA) is 76.0 Å². The molecule has 2 N–H and O–H groups in total. The lowest BCUT2D eigenvalue weighted by atomic mass is 9.68. The van der Waals surface area contributed by atoms with Gasteiger partial charge in [-0.2, -0.15) is 0 Å². The maximum atomic E-state index is 12.1. The van der Waals surface area contributed by atoms with Crippen LogP contribution in [0.2, 0.25) is 0 Å². The largest absolute Gasteiger partial charge is 0.390 e. The zero-order valence-electron chi connectivity index (χ0n) is 10.9. The van der Waals surface area contributed by atoms with Crippen molar-refractivity contribution in [2.45, 2.75) is 44.1 Å². The first-order chi connectivity index (χ1) is 8.91. The second-order valence-electron chi connectivity index (χ2n) is 6.54. The number of Topliss-reactive ketones (excluding diaryl/α,β-unsaturated/α-hetero) is 1. The summed E-state index contributed by atoms with van der Waals surface area (Å²) in [7, 11) is 0. The van der Waals surface area contributed by atoms with Crippen molar-refractivity contribution < 1.29 is 24.5 Å². The number of rotatable bonds is 0. The van der Waals surface area contributed by atoms with Crippen LogP contribution in [-0.4, -0.2) is 46.2 Å². The summed E-state index contributed by atoms with van der Waals surface area (Å²) in [6.45, 7) is 3.55. The first kappa shape index (κ1) is 12.0. The van der Waals surface area contributed by atoms with E-state index in [1.165, 1.54) is 0 Å². The molecule has 4 unspecified atom stereocenters. The van der Waals surface area contributed by atoms with Crippen LogP contribution in [0.4, 0.5) is 0 Å². The first-order valence-corrected chi connectivity index (χ1v) is 6.84. The number of hydrogen-bond acceptors (Lipinski definition) is 5. The highest BCUT2D eigenvalue weighted by Crippen LogP contribution is 2.54. The Balaban J connectivity index is 1.74. The van der Waals surface area contributed by atoms with Crippen molar-refractivity contribution in [3.63, 3.8) is 0 Å². The third-order valence-electron chi connectivity index (χ3n) is 5.08. The molecule has 19 heavy (non-hydrogen) atoms. The number of hydrogen-bond donors (Lipinski definition) is 2. The summed E-state index contributed by atoms with van der Waals surface area (Å²) in [5, 5.41) is 21.1. The van der Waals surface area contributed by atoms with Crippen LogP contribution < -0.4 is 0 Å². The molecule has 4 rings (SSSR count). The van der Waals surface area contributed by atoms with Gasteiger partial charge in [0.2, 0.25) is 0 Å². The van der Waals surface area contributed by atoms with Gasteiger partial charge in [-0.25, -0.2) is 0 Å². The number of ketones is 1. The molecule has 2 saturated carbocycles. The van der Waals surface area contributed by atoms with E-state index in [1.54, 1.807) is 13.8 Å². The Morgan fingerprint density at radius 3 is 1.84 bits per heavy atom. The summed E-state index contributed by atoms with van der Waals surface area (Å²) in [6, 6.07) is 0. The molecule has 0 aromatic carbocycles. The van der Waals surface area contributed by atoms with E-state index >= 15 is 0 Å². The molecular formula is C14H18O5. The van der Waals surface area contributed by atoms with Gasteiger partial charge in [-0.05, 0) is 13.8 Å². The highest BCUT2D eigenvalue weighted by Gasteiger charge is 2.65. The van der Waals surface area contributed by atoms with E-state index in [2.05, 4.69) is 0 Å². The summed E-state index contributed by atoms with van der Waals surface area (Å²) in [4.78, 5) is 12.1. The van der Waals surface area contributed by atoms with Crippen molar-refractivity contribution >= 4 is 5.78 Å². The summed E-state index contributed by atoms with van der Waals surface area (Å²) < 4.78 is 11.4. The van der Waals surface area contributed by atoms with Crippen molar-refractivity contribution in [1.29, 1.82) is 0 Å². The van der Waals surface area contributed by atoms with E-state index in [0.29, 0.717) is 0 Å². The fraction of sp³-hybridized carbons (Fsp3) is 0.786. The Morgan fingerprint density at radius 2 is 1.42 bits per heavy atom. The number of allylic oxidation sites excluding steroid dienone is 2. The summed E-state index contributed by atoms with van der Waals surface area (Å²) >= 11 is 0. The number of carbonyl (C=O) groups is 1. The zero-order chi connectivity index (χ0) is 13.5. The second kappa shape index (κ2) is 3.47. The van der Waals surface area contributed by atoms with Crippen LogP contribution in [0, 0.1) is 23.7 Å². The Bertz CT molecular complexity index is 432. The number of fused-ring (bicyclic) bond motifs is 6. The quantitative estimate of drug-likeness (QED) is 0.597. The van der Waals surface area contributed by atoms with Crippen LogP contribution >= 0.6 is 0 Å². The lowest BCUT2D eigenvalue weighted by molar-refractivity contribution is -0.158. The van der Waals surface area contributed by atoms with E-state index in [9.17, 15) is 15.0 Å². The molecule has 0 aromatic rings. The molecular weight excluding hydrogens is 248 g/mol. The lowest BCUT2D eigenvalue weighted by Crippen LogP contribution is -2.58. The number of aliphatic hydroxyl groups is 2. The standard InChI is InChI=1S/C14H18O5/c1-14(2)18-12-10(16)7-5-3-4-6(9(5)15)8(7)11(17)13(12)19-14/h3-8,10-13,16-17H,1-2H3/t5?,6?,7?,8?,10-,11+,12+,13-. The molecule has 0 radical (unpaired) electrons. The normalized spacial score (nSPS) is 57.4. The Morgan fingerprint density at radius 1 is 1.00 bits per heavy atom. The van der Waals surface area contributed by atoms with Gasteiger partial charge in [-0.15, -0.1) is 0 Å². The van der Waals surface area contributed by atoms with Crippen LogP contribution in [0.5, 0.6) is 0 Å². The Hall–Kier alpha value is -0.750. The summed E-state index contributed by atoms with van der Waals surface area (Å²) in [6.07, 6.45) is 1.11. The van der Waals surface area contributed by atoms with Gasteiger partial charge in [-0.1, -0.05) is 12.2 Å². The second-order valence-corrected chi connectivity index (χ2v) is 6.54. The highest BCUT2D eigenvalue weighted by molar-refractivity contribution is 5.92. The maximum absolute atomic E-state index is 12.1. The average Bonchev–Trinajstić information content (AvgIpc) is 2.95. The fourth-order valence-electron chi connectivity index (χ4n) is 4.43. The molecule has 104 valence electrons. The molecule has 0 amide bonds. The SMILES string of the molecule is CC1(C)O[C@@H]2[C@H](O1)[C@@H](O)C1C3C=CC(C3=O)C1[C@H]2O. The van der Waals surface area contributed by atoms with Crippen LogP contribution in [-0.2, 0) is 14.3 Å². The molecule has 1 aliphatic heterocycles. The first-order valence-electron chi connectivity index (χ1n) is 6.84. The van der Waals surface area contributed by atoms with E-state index in [-0.39, 0.29) is 29.5 Å². The van der Waals surface area contributed by atoms with Gasteiger partial charge in [0.05, 0.1) is 12.2 Å². The average molecular weight is 266 g/mol. The summed E-state index contributed by atoms with van der Waals surface area (Å²) in [5.41, 5.74) is 0. The van der Waals surface area contributed by atoms with E-state index in [0.717, 1.165) is 0 Å². The predicted molar refractivity (Wildman–Crippen MR) is 63.9 cm³/mol. The van der Waals surface area contributed by atoms with Crippen molar-refractivity contribution in [3.05, 3.63) is 12.2 Å². The third kappa shape index (κ3) is 1.36. The van der Waals surface area contributed by atoms with E-state index < -0.39 is 30.2 Å². The van der Waals surface area contributed by atoms with Gasteiger partial charge >= 0.3 is 0 Å². The molecule has 3 fully saturated rings. The molecule has 1 heterocycles. The minimum Gasteiger partial charge on any atom is -0.390 e. The van der Waals surface area contributed by atoms with E-state index in [4.69, 9.17) is 9.47 Å². The fourth-order valence-corrected chi connectivity index (χ4v) is 4.43.